The number of thiol groups is 1. The van der Waals surface area contributed by atoms with Crippen molar-refractivity contribution < 1.29 is 9.59 Å². The van der Waals surface area contributed by atoms with Crippen LogP contribution in [0.1, 0.15) is 10.3 Å². The number of ketones is 1. The third kappa shape index (κ3) is 1.93. The second kappa shape index (κ2) is 4.12. The number of carbonyl (C=O) groups excluding carboxylic acids is 2. The fraction of sp³-hybridized carbons (Fsp3) is 0.100. The number of benzene rings is 1. The Hall–Kier alpha value is -1.20. The average Bonchev–Trinajstić information content (AvgIpc) is 2.70. The molecule has 0 N–H and O–H groups in total. The molecule has 1 atom stereocenters. The summed E-state index contributed by atoms with van der Waals surface area (Å²) in [5.41, 5.74) is 0.829. The van der Waals surface area contributed by atoms with Crippen LogP contribution in [0.3, 0.4) is 0 Å². The van der Waals surface area contributed by atoms with Gasteiger partial charge in [0.2, 0.25) is 5.78 Å². The van der Waals surface area contributed by atoms with E-state index in [-0.39, 0.29) is 6.29 Å². The largest absolute Gasteiger partial charge is 0.295 e. The van der Waals surface area contributed by atoms with Gasteiger partial charge in [-0.25, -0.2) is 4.98 Å². The number of para-hydroxylation sites is 1. The zero-order chi connectivity index (χ0) is 10.8. The topological polar surface area (TPSA) is 47.0 Å². The van der Waals surface area contributed by atoms with E-state index in [1.54, 1.807) is 0 Å². The molecule has 0 aliphatic carbocycles. The maximum absolute atomic E-state index is 11.1. The molecular weight excluding hydrogens is 230 g/mol. The second-order valence-corrected chi connectivity index (χ2v) is 4.52. The number of hydrogen-bond acceptors (Lipinski definition) is 5. The first-order chi connectivity index (χ1) is 7.22. The van der Waals surface area contributed by atoms with Crippen molar-refractivity contribution in [3.63, 3.8) is 0 Å². The highest BCUT2D eigenvalue weighted by molar-refractivity contribution is 7.81. The van der Waals surface area contributed by atoms with Crippen LogP contribution >= 0.6 is 24.0 Å². The van der Waals surface area contributed by atoms with Gasteiger partial charge in [0.05, 0.1) is 10.2 Å². The third-order valence-corrected chi connectivity index (χ3v) is 3.70. The molecule has 15 heavy (non-hydrogen) atoms. The molecule has 0 amide bonds. The monoisotopic (exact) mass is 237 g/mol. The summed E-state index contributed by atoms with van der Waals surface area (Å²) < 4.78 is 0.991. The summed E-state index contributed by atoms with van der Waals surface area (Å²) in [6, 6.07) is 7.56. The van der Waals surface area contributed by atoms with Crippen LogP contribution in [0.15, 0.2) is 24.3 Å². The highest BCUT2D eigenvalue weighted by Gasteiger charge is 2.19. The molecule has 3 nitrogen and oxygen atoms in total. The second-order valence-electron chi connectivity index (χ2n) is 2.94. The van der Waals surface area contributed by atoms with E-state index < -0.39 is 11.0 Å². The van der Waals surface area contributed by atoms with Crippen LogP contribution in [0.2, 0.25) is 0 Å². The maximum Gasteiger partial charge on any atom is 0.214 e. The van der Waals surface area contributed by atoms with Gasteiger partial charge in [-0.1, -0.05) is 12.1 Å². The standard InChI is InChI=1S/C10H7NO2S2/c12-5-7(13)9(14)10-11-6-3-1-2-4-8(6)15-10/h1-5,9,14H. The number of thiazole rings is 1. The maximum atomic E-state index is 11.1. The molecule has 1 unspecified atom stereocenters. The number of aldehydes is 1. The lowest BCUT2D eigenvalue weighted by Gasteiger charge is -1.98. The molecule has 1 aromatic heterocycles. The molecule has 76 valence electrons. The molecule has 1 heterocycles. The molecule has 2 aromatic rings. The summed E-state index contributed by atoms with van der Waals surface area (Å²) >= 11 is 5.45. The predicted octanol–water partition coefficient (Wildman–Crippen LogP) is 2.04. The van der Waals surface area contributed by atoms with Gasteiger partial charge in [0.25, 0.3) is 0 Å². The average molecular weight is 237 g/mol. The Balaban J connectivity index is 2.44. The fourth-order valence-corrected chi connectivity index (χ4v) is 2.43. The van der Waals surface area contributed by atoms with Crippen molar-refractivity contribution in [2.24, 2.45) is 0 Å². The number of aromatic nitrogens is 1. The molecule has 0 saturated carbocycles. The summed E-state index contributed by atoms with van der Waals surface area (Å²) in [4.78, 5) is 25.7. The molecule has 0 aliphatic heterocycles. The minimum atomic E-state index is -0.736. The molecule has 0 saturated heterocycles. The van der Waals surface area contributed by atoms with Gasteiger partial charge in [-0.05, 0) is 12.1 Å². The first-order valence-corrected chi connectivity index (χ1v) is 5.58. The van der Waals surface area contributed by atoms with E-state index in [4.69, 9.17) is 0 Å². The molecule has 0 fully saturated rings. The minimum Gasteiger partial charge on any atom is -0.295 e. The minimum absolute atomic E-state index is 0.281. The summed E-state index contributed by atoms with van der Waals surface area (Å²) in [6.45, 7) is 0. The Bertz CT molecular complexity index is 488. The summed E-state index contributed by atoms with van der Waals surface area (Å²) in [5.74, 6) is -0.558. The Morgan fingerprint density at radius 2 is 2.20 bits per heavy atom. The lowest BCUT2D eigenvalue weighted by atomic mass is 10.3. The van der Waals surface area contributed by atoms with Crippen molar-refractivity contribution in [3.8, 4) is 0 Å². The number of Topliss-reactive ketones (excluding diaryl/α,β-unsaturated/α-hetero) is 1. The van der Waals surface area contributed by atoms with Gasteiger partial charge in [-0.15, -0.1) is 11.3 Å². The zero-order valence-corrected chi connectivity index (χ0v) is 9.29. The van der Waals surface area contributed by atoms with E-state index in [9.17, 15) is 9.59 Å². The summed E-state index contributed by atoms with van der Waals surface area (Å²) in [6.07, 6.45) is 0.281. The molecule has 0 bridgehead atoms. The predicted molar refractivity (Wildman–Crippen MR) is 62.4 cm³/mol. The quantitative estimate of drug-likeness (QED) is 0.505. The molecule has 2 rings (SSSR count). The highest BCUT2D eigenvalue weighted by Crippen LogP contribution is 2.29. The van der Waals surface area contributed by atoms with Crippen molar-refractivity contribution >= 4 is 46.3 Å². The van der Waals surface area contributed by atoms with Gasteiger partial charge < -0.3 is 0 Å². The first-order valence-electron chi connectivity index (χ1n) is 4.25. The normalized spacial score (nSPS) is 12.6. The first kappa shape index (κ1) is 10.3. The molecule has 5 heteroatoms. The van der Waals surface area contributed by atoms with E-state index in [0.717, 1.165) is 10.2 Å². The van der Waals surface area contributed by atoms with Crippen LogP contribution in [0.4, 0.5) is 0 Å². The van der Waals surface area contributed by atoms with E-state index in [2.05, 4.69) is 17.6 Å². The van der Waals surface area contributed by atoms with Gasteiger partial charge in [0.15, 0.2) is 6.29 Å². The van der Waals surface area contributed by atoms with E-state index in [0.29, 0.717) is 5.01 Å². The van der Waals surface area contributed by atoms with Crippen molar-refractivity contribution in [1.29, 1.82) is 0 Å². The van der Waals surface area contributed by atoms with Crippen LogP contribution < -0.4 is 0 Å². The Labute approximate surface area is 95.5 Å². The fourth-order valence-electron chi connectivity index (χ4n) is 1.19. The van der Waals surface area contributed by atoms with Crippen molar-refractivity contribution in [2.45, 2.75) is 5.25 Å². The molecule has 0 aliphatic rings. The lowest BCUT2D eigenvalue weighted by Crippen LogP contribution is -2.07. The van der Waals surface area contributed by atoms with Crippen LogP contribution in [0.25, 0.3) is 10.2 Å². The molecule has 1 aromatic carbocycles. The molecular formula is C10H7NO2S2. The summed E-state index contributed by atoms with van der Waals surface area (Å²) in [7, 11) is 0. The van der Waals surface area contributed by atoms with E-state index in [1.165, 1.54) is 11.3 Å². The van der Waals surface area contributed by atoms with Crippen LogP contribution in [-0.2, 0) is 9.59 Å². The SMILES string of the molecule is O=CC(=O)C(S)c1nc2ccccc2s1. The van der Waals surface area contributed by atoms with E-state index >= 15 is 0 Å². The van der Waals surface area contributed by atoms with Crippen molar-refractivity contribution in [2.75, 3.05) is 0 Å². The van der Waals surface area contributed by atoms with Gasteiger partial charge in [-0.3, -0.25) is 9.59 Å². The van der Waals surface area contributed by atoms with Gasteiger partial charge >= 0.3 is 0 Å². The lowest BCUT2D eigenvalue weighted by molar-refractivity contribution is -0.129. The smallest absolute Gasteiger partial charge is 0.214 e. The number of hydrogen-bond donors (Lipinski definition) is 1. The van der Waals surface area contributed by atoms with Crippen LogP contribution in [0, 0.1) is 0 Å². The van der Waals surface area contributed by atoms with Crippen LogP contribution in [-0.4, -0.2) is 17.1 Å². The van der Waals surface area contributed by atoms with Gasteiger partial charge in [0.1, 0.15) is 10.3 Å². The summed E-state index contributed by atoms with van der Waals surface area (Å²) in [5, 5.41) is -0.170. The number of fused-ring (bicyclic) bond motifs is 1. The number of rotatable bonds is 3. The van der Waals surface area contributed by atoms with Crippen molar-refractivity contribution in [1.82, 2.24) is 4.98 Å². The third-order valence-electron chi connectivity index (χ3n) is 1.93. The van der Waals surface area contributed by atoms with Crippen LogP contribution in [0.5, 0.6) is 0 Å². The highest BCUT2D eigenvalue weighted by atomic mass is 32.1. The molecule has 0 radical (unpaired) electrons. The van der Waals surface area contributed by atoms with Gasteiger partial charge in [0, 0.05) is 0 Å². The zero-order valence-electron chi connectivity index (χ0n) is 7.58. The Kier molecular flexibility index (Phi) is 2.83. The van der Waals surface area contributed by atoms with Crippen molar-refractivity contribution in [3.05, 3.63) is 29.3 Å². The molecule has 0 spiro atoms. The number of carbonyl (C=O) groups is 2. The van der Waals surface area contributed by atoms with Gasteiger partial charge in [-0.2, -0.15) is 12.6 Å². The Morgan fingerprint density at radius 3 is 2.87 bits per heavy atom. The number of nitrogens with zero attached hydrogens (tertiary/aromatic N) is 1. The van der Waals surface area contributed by atoms with E-state index in [1.807, 2.05) is 24.3 Å². The Morgan fingerprint density at radius 1 is 1.47 bits per heavy atom.